The molecule has 0 bridgehead atoms. The normalized spacial score (nSPS) is 13.4. The SMILES string of the molecule is CCOC(=O)C(O)C(OC(C)=O)C(=O)OCC. The first-order valence-corrected chi connectivity index (χ1v) is 5.12. The molecule has 2 atom stereocenters. The van der Waals surface area contributed by atoms with Crippen LogP contribution in [0, 0.1) is 0 Å². The van der Waals surface area contributed by atoms with Gasteiger partial charge in [-0.2, -0.15) is 0 Å². The van der Waals surface area contributed by atoms with E-state index in [0.717, 1.165) is 6.92 Å². The summed E-state index contributed by atoms with van der Waals surface area (Å²) in [5.74, 6) is -2.86. The van der Waals surface area contributed by atoms with E-state index in [9.17, 15) is 19.5 Å². The molecule has 0 aliphatic rings. The molecule has 0 fully saturated rings. The van der Waals surface area contributed by atoms with Gasteiger partial charge in [0, 0.05) is 6.92 Å². The lowest BCUT2D eigenvalue weighted by molar-refractivity contribution is -0.182. The smallest absolute Gasteiger partial charge is 0.350 e. The molecule has 0 aromatic heterocycles. The van der Waals surface area contributed by atoms with E-state index in [2.05, 4.69) is 14.2 Å². The number of hydrogen-bond acceptors (Lipinski definition) is 7. The average Bonchev–Trinajstić information content (AvgIpc) is 2.25. The van der Waals surface area contributed by atoms with Crippen molar-refractivity contribution >= 4 is 17.9 Å². The topological polar surface area (TPSA) is 99.1 Å². The summed E-state index contributed by atoms with van der Waals surface area (Å²) in [5, 5.41) is 9.50. The van der Waals surface area contributed by atoms with Crippen LogP contribution in [0.4, 0.5) is 0 Å². The summed E-state index contributed by atoms with van der Waals surface area (Å²) >= 11 is 0. The minimum Gasteiger partial charge on any atom is -0.464 e. The van der Waals surface area contributed by atoms with Crippen molar-refractivity contribution in [2.24, 2.45) is 0 Å². The van der Waals surface area contributed by atoms with Gasteiger partial charge in [0.25, 0.3) is 0 Å². The van der Waals surface area contributed by atoms with E-state index in [4.69, 9.17) is 0 Å². The van der Waals surface area contributed by atoms with Crippen molar-refractivity contribution in [1.29, 1.82) is 0 Å². The Morgan fingerprint density at radius 1 is 1.06 bits per heavy atom. The molecule has 0 spiro atoms. The Balaban J connectivity index is 4.71. The summed E-state index contributed by atoms with van der Waals surface area (Å²) < 4.78 is 13.6. The van der Waals surface area contributed by atoms with Crippen LogP contribution >= 0.6 is 0 Å². The van der Waals surface area contributed by atoms with E-state index in [1.807, 2.05) is 0 Å². The van der Waals surface area contributed by atoms with Crippen LogP contribution in [-0.4, -0.2) is 48.4 Å². The second-order valence-corrected chi connectivity index (χ2v) is 2.98. The number of esters is 3. The first-order chi connectivity index (χ1) is 7.93. The van der Waals surface area contributed by atoms with Crippen molar-refractivity contribution < 1.29 is 33.7 Å². The van der Waals surface area contributed by atoms with Gasteiger partial charge in [-0.25, -0.2) is 9.59 Å². The Morgan fingerprint density at radius 3 is 1.94 bits per heavy atom. The van der Waals surface area contributed by atoms with Gasteiger partial charge in [0.2, 0.25) is 6.10 Å². The van der Waals surface area contributed by atoms with Gasteiger partial charge in [-0.1, -0.05) is 0 Å². The number of rotatable bonds is 6. The molecule has 0 rings (SSSR count). The Hall–Kier alpha value is -1.63. The van der Waals surface area contributed by atoms with Crippen LogP contribution in [0.3, 0.4) is 0 Å². The molecule has 17 heavy (non-hydrogen) atoms. The van der Waals surface area contributed by atoms with E-state index < -0.39 is 30.1 Å². The number of aliphatic hydroxyl groups is 1. The van der Waals surface area contributed by atoms with Crippen molar-refractivity contribution in [2.75, 3.05) is 13.2 Å². The minimum absolute atomic E-state index is 0.0332. The van der Waals surface area contributed by atoms with Crippen LogP contribution in [0.2, 0.25) is 0 Å². The lowest BCUT2D eigenvalue weighted by atomic mass is 10.2. The van der Waals surface area contributed by atoms with E-state index in [0.29, 0.717) is 0 Å². The second-order valence-electron chi connectivity index (χ2n) is 2.98. The van der Waals surface area contributed by atoms with Crippen LogP contribution in [0.15, 0.2) is 0 Å². The summed E-state index contributed by atoms with van der Waals surface area (Å²) in [6.45, 7) is 4.19. The maximum absolute atomic E-state index is 11.4. The zero-order valence-electron chi connectivity index (χ0n) is 9.97. The molecule has 7 nitrogen and oxygen atoms in total. The fraction of sp³-hybridized carbons (Fsp3) is 0.700. The minimum atomic E-state index is -1.89. The van der Waals surface area contributed by atoms with Gasteiger partial charge in [0.15, 0.2) is 6.10 Å². The van der Waals surface area contributed by atoms with Gasteiger partial charge in [-0.3, -0.25) is 4.79 Å². The molecular formula is C10H16O7. The second kappa shape index (κ2) is 7.61. The number of ether oxygens (including phenoxy) is 3. The molecular weight excluding hydrogens is 232 g/mol. The fourth-order valence-electron chi connectivity index (χ4n) is 0.996. The Bertz CT molecular complexity index is 286. The maximum Gasteiger partial charge on any atom is 0.350 e. The van der Waals surface area contributed by atoms with Crippen molar-refractivity contribution in [3.8, 4) is 0 Å². The van der Waals surface area contributed by atoms with Crippen LogP contribution < -0.4 is 0 Å². The largest absolute Gasteiger partial charge is 0.464 e. The summed E-state index contributed by atoms with van der Waals surface area (Å²) in [7, 11) is 0. The predicted octanol–water partition coefficient (Wildman–Crippen LogP) is -0.595. The van der Waals surface area contributed by atoms with E-state index in [1.165, 1.54) is 6.92 Å². The van der Waals surface area contributed by atoms with Gasteiger partial charge in [0.1, 0.15) is 0 Å². The standard InChI is InChI=1S/C10H16O7/c1-4-15-9(13)7(12)8(17-6(3)11)10(14)16-5-2/h7-8,12H,4-5H2,1-3H3. The lowest BCUT2D eigenvalue weighted by Crippen LogP contribution is -2.44. The van der Waals surface area contributed by atoms with Crippen molar-refractivity contribution in [2.45, 2.75) is 33.0 Å². The highest BCUT2D eigenvalue weighted by Crippen LogP contribution is 2.06. The highest BCUT2D eigenvalue weighted by molar-refractivity contribution is 5.87. The van der Waals surface area contributed by atoms with Crippen LogP contribution in [0.1, 0.15) is 20.8 Å². The summed E-state index contributed by atoms with van der Waals surface area (Å²) in [6.07, 6.45) is -3.59. The molecule has 0 amide bonds. The third-order valence-electron chi connectivity index (χ3n) is 1.63. The van der Waals surface area contributed by atoms with Gasteiger partial charge < -0.3 is 19.3 Å². The molecule has 0 aliphatic heterocycles. The Labute approximate surface area is 98.6 Å². The summed E-state index contributed by atoms with van der Waals surface area (Å²) in [5.41, 5.74) is 0. The molecule has 2 unspecified atom stereocenters. The highest BCUT2D eigenvalue weighted by Gasteiger charge is 2.37. The number of hydrogen-bond donors (Lipinski definition) is 1. The molecule has 0 aliphatic carbocycles. The van der Waals surface area contributed by atoms with Crippen molar-refractivity contribution in [1.82, 2.24) is 0 Å². The Morgan fingerprint density at radius 2 is 1.53 bits per heavy atom. The third-order valence-corrected chi connectivity index (χ3v) is 1.63. The van der Waals surface area contributed by atoms with Crippen LogP contribution in [0.25, 0.3) is 0 Å². The van der Waals surface area contributed by atoms with Crippen LogP contribution in [-0.2, 0) is 28.6 Å². The molecule has 0 saturated carbocycles. The molecule has 0 aromatic rings. The zero-order chi connectivity index (χ0) is 13.4. The third kappa shape index (κ3) is 5.30. The van der Waals surface area contributed by atoms with Gasteiger partial charge >= 0.3 is 17.9 Å². The van der Waals surface area contributed by atoms with Crippen LogP contribution in [0.5, 0.6) is 0 Å². The first-order valence-electron chi connectivity index (χ1n) is 5.12. The highest BCUT2D eigenvalue weighted by atomic mass is 16.6. The molecule has 0 heterocycles. The van der Waals surface area contributed by atoms with Gasteiger partial charge in [-0.05, 0) is 13.8 Å². The molecule has 0 aromatic carbocycles. The summed E-state index contributed by atoms with van der Waals surface area (Å²) in [6, 6.07) is 0. The maximum atomic E-state index is 11.4. The Kier molecular flexibility index (Phi) is 6.88. The predicted molar refractivity (Wildman–Crippen MR) is 54.8 cm³/mol. The van der Waals surface area contributed by atoms with E-state index in [-0.39, 0.29) is 13.2 Å². The monoisotopic (exact) mass is 248 g/mol. The fourth-order valence-corrected chi connectivity index (χ4v) is 0.996. The summed E-state index contributed by atoms with van der Waals surface area (Å²) in [4.78, 5) is 33.3. The quantitative estimate of drug-likeness (QED) is 0.495. The van der Waals surface area contributed by atoms with E-state index >= 15 is 0 Å². The molecule has 7 heteroatoms. The number of carbonyl (C=O) groups excluding carboxylic acids is 3. The first kappa shape index (κ1) is 15.4. The van der Waals surface area contributed by atoms with Crippen molar-refractivity contribution in [3.05, 3.63) is 0 Å². The molecule has 0 saturated heterocycles. The lowest BCUT2D eigenvalue weighted by Gasteiger charge is -2.19. The molecule has 1 N–H and O–H groups in total. The molecule has 0 radical (unpaired) electrons. The molecule has 98 valence electrons. The number of aliphatic hydroxyl groups excluding tert-OH is 1. The van der Waals surface area contributed by atoms with Gasteiger partial charge in [-0.15, -0.1) is 0 Å². The zero-order valence-corrected chi connectivity index (χ0v) is 9.97. The van der Waals surface area contributed by atoms with Gasteiger partial charge in [0.05, 0.1) is 13.2 Å². The van der Waals surface area contributed by atoms with Crippen molar-refractivity contribution in [3.63, 3.8) is 0 Å². The van der Waals surface area contributed by atoms with E-state index in [1.54, 1.807) is 6.92 Å². The number of carbonyl (C=O) groups is 3. The average molecular weight is 248 g/mol.